The highest BCUT2D eigenvalue weighted by atomic mass is 16.7. The molecule has 0 unspecified atom stereocenters. The SMILES string of the molecule is C=C[C@H](N)c1ncccc1/C=C/B1OC(C)(C)C(C)(C)O1. The van der Waals surface area contributed by atoms with Gasteiger partial charge in [-0.15, -0.1) is 6.58 Å². The zero-order chi connectivity index (χ0) is 15.7. The van der Waals surface area contributed by atoms with E-state index in [0.717, 1.165) is 11.3 Å². The van der Waals surface area contributed by atoms with Crippen LogP contribution in [0, 0.1) is 0 Å². The van der Waals surface area contributed by atoms with Crippen LogP contribution in [0.2, 0.25) is 0 Å². The Morgan fingerprint density at radius 1 is 1.29 bits per heavy atom. The number of pyridine rings is 1. The fourth-order valence-corrected chi connectivity index (χ4v) is 2.11. The molecule has 112 valence electrons. The molecular formula is C16H23BN2O2. The summed E-state index contributed by atoms with van der Waals surface area (Å²) in [6, 6.07) is 3.56. The van der Waals surface area contributed by atoms with E-state index < -0.39 is 0 Å². The molecule has 2 heterocycles. The van der Waals surface area contributed by atoms with Crippen LogP contribution in [0.3, 0.4) is 0 Å². The van der Waals surface area contributed by atoms with Gasteiger partial charge < -0.3 is 15.0 Å². The van der Waals surface area contributed by atoms with Crippen LogP contribution in [0.4, 0.5) is 0 Å². The summed E-state index contributed by atoms with van der Waals surface area (Å²) >= 11 is 0. The van der Waals surface area contributed by atoms with Crippen molar-refractivity contribution in [1.82, 2.24) is 4.98 Å². The summed E-state index contributed by atoms with van der Waals surface area (Å²) in [5.74, 6) is 1.90. The molecule has 4 nitrogen and oxygen atoms in total. The second kappa shape index (κ2) is 5.75. The lowest BCUT2D eigenvalue weighted by atomic mass is 9.88. The molecule has 0 aromatic carbocycles. The third-order valence-electron chi connectivity index (χ3n) is 4.15. The van der Waals surface area contributed by atoms with Crippen LogP contribution < -0.4 is 5.73 Å². The third kappa shape index (κ3) is 3.26. The number of nitrogens with zero attached hydrogens (tertiary/aromatic N) is 1. The molecule has 5 heteroatoms. The van der Waals surface area contributed by atoms with Gasteiger partial charge in [0.05, 0.1) is 22.9 Å². The van der Waals surface area contributed by atoms with Crippen LogP contribution in [0.25, 0.3) is 6.08 Å². The van der Waals surface area contributed by atoms with Crippen molar-refractivity contribution in [2.24, 2.45) is 5.73 Å². The predicted octanol–water partition coefficient (Wildman–Crippen LogP) is 2.91. The highest BCUT2D eigenvalue weighted by Gasteiger charge is 2.50. The minimum atomic E-state index is -0.372. The second-order valence-corrected chi connectivity index (χ2v) is 6.22. The molecule has 0 spiro atoms. The smallest absolute Gasteiger partial charge is 0.400 e. The molecule has 0 amide bonds. The number of nitrogens with two attached hydrogens (primary N) is 1. The first-order chi connectivity index (χ1) is 9.77. The normalized spacial score (nSPS) is 21.7. The number of hydrogen-bond donors (Lipinski definition) is 1. The van der Waals surface area contributed by atoms with Gasteiger partial charge >= 0.3 is 7.12 Å². The predicted molar refractivity (Wildman–Crippen MR) is 86.5 cm³/mol. The quantitative estimate of drug-likeness (QED) is 0.683. The summed E-state index contributed by atoms with van der Waals surface area (Å²) in [7, 11) is -0.372. The first-order valence-electron chi connectivity index (χ1n) is 7.14. The Balaban J connectivity index is 2.18. The van der Waals surface area contributed by atoms with E-state index in [2.05, 4.69) is 11.6 Å². The highest BCUT2D eigenvalue weighted by molar-refractivity contribution is 6.52. The van der Waals surface area contributed by atoms with Crippen LogP contribution in [0.1, 0.15) is 45.0 Å². The molecule has 1 aliphatic rings. The Kier molecular flexibility index (Phi) is 4.37. The molecular weight excluding hydrogens is 263 g/mol. The van der Waals surface area contributed by atoms with Crippen LogP contribution in [-0.4, -0.2) is 23.3 Å². The van der Waals surface area contributed by atoms with Gasteiger partial charge in [0.25, 0.3) is 0 Å². The number of rotatable bonds is 4. The summed E-state index contributed by atoms with van der Waals surface area (Å²) in [6.45, 7) is 11.8. The lowest BCUT2D eigenvalue weighted by molar-refractivity contribution is 0.00578. The molecule has 2 rings (SSSR count). The zero-order valence-electron chi connectivity index (χ0n) is 13.2. The van der Waals surface area contributed by atoms with E-state index >= 15 is 0 Å². The fourth-order valence-electron chi connectivity index (χ4n) is 2.11. The molecule has 2 N–H and O–H groups in total. The molecule has 1 aromatic heterocycles. The summed E-state index contributed by atoms with van der Waals surface area (Å²) in [6.07, 6.45) is 5.34. The van der Waals surface area contributed by atoms with Gasteiger partial charge in [-0.2, -0.15) is 0 Å². The first kappa shape index (κ1) is 16.0. The van der Waals surface area contributed by atoms with Gasteiger partial charge in [0.15, 0.2) is 0 Å². The Morgan fingerprint density at radius 2 is 1.90 bits per heavy atom. The lowest BCUT2D eigenvalue weighted by Crippen LogP contribution is -2.41. The molecule has 1 fully saturated rings. The average molecular weight is 286 g/mol. The first-order valence-corrected chi connectivity index (χ1v) is 7.14. The van der Waals surface area contributed by atoms with E-state index in [4.69, 9.17) is 15.0 Å². The van der Waals surface area contributed by atoms with Gasteiger partial charge in [-0.25, -0.2) is 0 Å². The van der Waals surface area contributed by atoms with E-state index in [1.807, 2.05) is 51.9 Å². The minimum absolute atomic E-state index is 0.288. The molecule has 0 radical (unpaired) electrons. The summed E-state index contributed by atoms with van der Waals surface area (Å²) in [5.41, 5.74) is 7.05. The van der Waals surface area contributed by atoms with Crippen molar-refractivity contribution >= 4 is 13.2 Å². The van der Waals surface area contributed by atoms with Crippen molar-refractivity contribution in [2.45, 2.75) is 44.9 Å². The maximum absolute atomic E-state index is 5.99. The minimum Gasteiger partial charge on any atom is -0.400 e. The summed E-state index contributed by atoms with van der Waals surface area (Å²) < 4.78 is 11.9. The van der Waals surface area contributed by atoms with Crippen LogP contribution in [-0.2, 0) is 9.31 Å². The maximum Gasteiger partial charge on any atom is 0.487 e. The topological polar surface area (TPSA) is 57.4 Å². The van der Waals surface area contributed by atoms with Crippen molar-refractivity contribution in [3.05, 3.63) is 48.2 Å². The Bertz CT molecular complexity index is 539. The largest absolute Gasteiger partial charge is 0.487 e. The van der Waals surface area contributed by atoms with Crippen molar-refractivity contribution in [1.29, 1.82) is 0 Å². The van der Waals surface area contributed by atoms with E-state index in [0.29, 0.717) is 0 Å². The summed E-state index contributed by atoms with van der Waals surface area (Å²) in [5, 5.41) is 0. The highest BCUT2D eigenvalue weighted by Crippen LogP contribution is 2.37. The molecule has 1 atom stereocenters. The fraction of sp³-hybridized carbons (Fsp3) is 0.438. The van der Waals surface area contributed by atoms with E-state index in [1.165, 1.54) is 0 Å². The molecule has 0 aliphatic carbocycles. The molecule has 1 aromatic rings. The van der Waals surface area contributed by atoms with Crippen molar-refractivity contribution in [3.63, 3.8) is 0 Å². The Labute approximate surface area is 127 Å². The van der Waals surface area contributed by atoms with Gasteiger partial charge in [-0.1, -0.05) is 24.2 Å². The zero-order valence-corrected chi connectivity index (χ0v) is 13.2. The van der Waals surface area contributed by atoms with Crippen molar-refractivity contribution < 1.29 is 9.31 Å². The molecule has 0 bridgehead atoms. The van der Waals surface area contributed by atoms with Crippen molar-refractivity contribution in [2.75, 3.05) is 0 Å². The number of aromatic nitrogens is 1. The van der Waals surface area contributed by atoms with E-state index in [1.54, 1.807) is 12.3 Å². The third-order valence-corrected chi connectivity index (χ3v) is 4.15. The van der Waals surface area contributed by atoms with Gasteiger partial charge in [0, 0.05) is 6.20 Å². The monoisotopic (exact) mass is 286 g/mol. The number of hydrogen-bond acceptors (Lipinski definition) is 4. The van der Waals surface area contributed by atoms with Crippen molar-refractivity contribution in [3.8, 4) is 0 Å². The second-order valence-electron chi connectivity index (χ2n) is 6.22. The Hall–Kier alpha value is -1.43. The van der Waals surface area contributed by atoms with Crippen LogP contribution >= 0.6 is 0 Å². The molecule has 1 saturated heterocycles. The maximum atomic E-state index is 5.99. The van der Waals surface area contributed by atoms with Gasteiger partial charge in [-0.3, -0.25) is 4.98 Å². The van der Waals surface area contributed by atoms with Crippen LogP contribution in [0.5, 0.6) is 0 Å². The molecule has 1 aliphatic heterocycles. The lowest BCUT2D eigenvalue weighted by Gasteiger charge is -2.32. The molecule has 0 saturated carbocycles. The van der Waals surface area contributed by atoms with Gasteiger partial charge in [0.2, 0.25) is 0 Å². The average Bonchev–Trinajstić information content (AvgIpc) is 2.64. The van der Waals surface area contributed by atoms with Gasteiger partial charge in [0.1, 0.15) is 0 Å². The Morgan fingerprint density at radius 3 is 2.48 bits per heavy atom. The standard InChI is InChI=1S/C16H23BN2O2/c1-6-13(18)14-12(8-7-11-19-14)9-10-17-20-15(2,3)16(4,5)21-17/h6-11,13H,1,18H2,2-5H3/b10-9+/t13-/m0/s1. The van der Waals surface area contributed by atoms with E-state index in [-0.39, 0.29) is 24.4 Å². The summed E-state index contributed by atoms with van der Waals surface area (Å²) in [4.78, 5) is 4.32. The molecule has 21 heavy (non-hydrogen) atoms. The van der Waals surface area contributed by atoms with E-state index in [9.17, 15) is 0 Å². The van der Waals surface area contributed by atoms with Gasteiger partial charge in [-0.05, 0) is 39.3 Å². The van der Waals surface area contributed by atoms with Crippen LogP contribution in [0.15, 0.2) is 37.0 Å².